The van der Waals surface area contributed by atoms with Gasteiger partial charge in [-0.1, -0.05) is 25.7 Å². The maximum absolute atomic E-state index is 5.92. The lowest BCUT2D eigenvalue weighted by atomic mass is 9.85. The van der Waals surface area contributed by atoms with Crippen LogP contribution in [0.1, 0.15) is 64.2 Å². The first-order valence-electron chi connectivity index (χ1n) is 15.8. The number of hydrogen-bond acceptors (Lipinski definition) is 8. The Kier molecular flexibility index (Phi) is 11.6. The number of anilines is 1. The summed E-state index contributed by atoms with van der Waals surface area (Å²) in [4.78, 5) is 6.36. The summed E-state index contributed by atoms with van der Waals surface area (Å²) >= 11 is 4.02. The molecule has 0 N–H and O–H groups in total. The van der Waals surface area contributed by atoms with Crippen molar-refractivity contribution in [1.82, 2.24) is 17.8 Å². The smallest absolute Gasteiger partial charge is 0.0570 e. The van der Waals surface area contributed by atoms with E-state index in [2.05, 4.69) is 73.2 Å². The monoisotopic (exact) mass is 575 g/mol. The highest BCUT2D eigenvalue weighted by molar-refractivity contribution is 7.97. The molecule has 0 amide bonds. The van der Waals surface area contributed by atoms with Gasteiger partial charge in [-0.05, 0) is 93.7 Å². The quantitative estimate of drug-likeness (QED) is 0.360. The second kappa shape index (κ2) is 15.1. The SMILES string of the molecule is CN(C)c1ccc(SN2CCCN(CC3CCCCC3)CCCN(SN3CCCCC3)CC3(COC3)C2)cc1. The van der Waals surface area contributed by atoms with E-state index in [0.717, 1.165) is 38.8 Å². The first kappa shape index (κ1) is 30.0. The van der Waals surface area contributed by atoms with Gasteiger partial charge in [-0.15, -0.1) is 0 Å². The molecule has 1 aromatic rings. The first-order valence-corrected chi connectivity index (χ1v) is 17.3. The van der Waals surface area contributed by atoms with E-state index in [0.29, 0.717) is 0 Å². The Morgan fingerprint density at radius 2 is 1.36 bits per heavy atom. The molecule has 0 aromatic heterocycles. The maximum atomic E-state index is 5.92. The minimum absolute atomic E-state index is 0.236. The summed E-state index contributed by atoms with van der Waals surface area (Å²) in [5.74, 6) is 0.918. The maximum Gasteiger partial charge on any atom is 0.0570 e. The minimum Gasteiger partial charge on any atom is -0.380 e. The van der Waals surface area contributed by atoms with Crippen LogP contribution < -0.4 is 4.90 Å². The van der Waals surface area contributed by atoms with Gasteiger partial charge >= 0.3 is 0 Å². The molecule has 4 fully saturated rings. The van der Waals surface area contributed by atoms with Crippen molar-refractivity contribution in [2.24, 2.45) is 11.3 Å². The summed E-state index contributed by atoms with van der Waals surface area (Å²) in [7, 11) is 4.23. The second-order valence-corrected chi connectivity index (χ2v) is 15.1. The molecule has 3 aliphatic heterocycles. The van der Waals surface area contributed by atoms with E-state index in [1.807, 2.05) is 11.9 Å². The molecule has 0 atom stereocenters. The van der Waals surface area contributed by atoms with Crippen molar-refractivity contribution in [3.05, 3.63) is 24.3 Å². The highest BCUT2D eigenvalue weighted by atomic mass is 32.2. The molecule has 0 unspecified atom stereocenters. The first-order chi connectivity index (χ1) is 19.1. The van der Waals surface area contributed by atoms with E-state index in [-0.39, 0.29) is 5.41 Å². The predicted octanol–water partition coefficient (Wildman–Crippen LogP) is 6.11. The zero-order chi connectivity index (χ0) is 26.9. The number of hydrogen-bond donors (Lipinski definition) is 0. The van der Waals surface area contributed by atoms with Gasteiger partial charge in [0.05, 0.1) is 13.2 Å². The lowest BCUT2D eigenvalue weighted by Gasteiger charge is -2.47. The predicted molar refractivity (Wildman–Crippen MR) is 168 cm³/mol. The summed E-state index contributed by atoms with van der Waals surface area (Å²) in [5.41, 5.74) is 1.50. The Morgan fingerprint density at radius 1 is 0.744 bits per heavy atom. The van der Waals surface area contributed by atoms with Crippen LogP contribution in [-0.4, -0.2) is 104 Å². The van der Waals surface area contributed by atoms with Crippen molar-refractivity contribution in [2.45, 2.75) is 69.1 Å². The van der Waals surface area contributed by atoms with Gasteiger partial charge in [-0.3, -0.25) is 0 Å². The molecule has 0 radical (unpaired) electrons. The van der Waals surface area contributed by atoms with Crippen molar-refractivity contribution in [2.75, 3.05) is 91.1 Å². The average molecular weight is 576 g/mol. The van der Waals surface area contributed by atoms with Crippen molar-refractivity contribution in [3.8, 4) is 0 Å². The molecule has 1 spiro atoms. The zero-order valence-electron chi connectivity index (χ0n) is 24.7. The van der Waals surface area contributed by atoms with E-state index < -0.39 is 0 Å². The highest BCUT2D eigenvalue weighted by Crippen LogP contribution is 2.37. The lowest BCUT2D eigenvalue weighted by Crippen LogP contribution is -2.56. The Balaban J connectivity index is 1.28. The summed E-state index contributed by atoms with van der Waals surface area (Å²) < 4.78 is 14.0. The summed E-state index contributed by atoms with van der Waals surface area (Å²) in [5, 5.41) is 0. The third-order valence-electron chi connectivity index (χ3n) is 8.98. The van der Waals surface area contributed by atoms with Crippen LogP contribution >= 0.6 is 24.1 Å². The Bertz CT molecular complexity index is 840. The van der Waals surface area contributed by atoms with Crippen LogP contribution in [0.15, 0.2) is 29.2 Å². The van der Waals surface area contributed by atoms with Gasteiger partial charge in [0.1, 0.15) is 0 Å². The van der Waals surface area contributed by atoms with Crippen LogP contribution in [-0.2, 0) is 4.74 Å². The van der Waals surface area contributed by atoms with Gasteiger partial charge < -0.3 is 14.5 Å². The molecule has 6 nitrogen and oxygen atoms in total. The Hall–Kier alpha value is -0.480. The Morgan fingerprint density at radius 3 is 2.00 bits per heavy atom. The highest BCUT2D eigenvalue weighted by Gasteiger charge is 2.42. The van der Waals surface area contributed by atoms with Gasteiger partial charge in [0, 0.05) is 88.0 Å². The molecule has 3 heterocycles. The van der Waals surface area contributed by atoms with E-state index >= 15 is 0 Å². The minimum atomic E-state index is 0.236. The molecule has 3 saturated heterocycles. The molecule has 8 heteroatoms. The topological polar surface area (TPSA) is 25.4 Å². The fraction of sp³-hybridized carbons (Fsp3) is 0.806. The molecular formula is C31H53N5OS2. The number of ether oxygens (including phenoxy) is 1. The number of nitrogens with zero attached hydrogens (tertiary/aromatic N) is 5. The number of piperidine rings is 1. The van der Waals surface area contributed by atoms with Crippen LogP contribution in [0.5, 0.6) is 0 Å². The van der Waals surface area contributed by atoms with Crippen LogP contribution in [0.4, 0.5) is 5.69 Å². The van der Waals surface area contributed by atoms with Gasteiger partial charge in [0.2, 0.25) is 0 Å². The van der Waals surface area contributed by atoms with Crippen molar-refractivity contribution in [3.63, 3.8) is 0 Å². The Labute approximate surface area is 247 Å². The molecule has 5 rings (SSSR count). The van der Waals surface area contributed by atoms with Gasteiger partial charge in [0.15, 0.2) is 0 Å². The largest absolute Gasteiger partial charge is 0.380 e. The lowest BCUT2D eigenvalue weighted by molar-refractivity contribution is -0.124. The molecule has 39 heavy (non-hydrogen) atoms. The zero-order valence-corrected chi connectivity index (χ0v) is 26.3. The van der Waals surface area contributed by atoms with Crippen molar-refractivity contribution < 1.29 is 4.74 Å². The fourth-order valence-electron chi connectivity index (χ4n) is 6.71. The molecule has 1 aromatic carbocycles. The third kappa shape index (κ3) is 9.25. The van der Waals surface area contributed by atoms with Gasteiger partial charge in [-0.2, -0.15) is 0 Å². The third-order valence-corrected chi connectivity index (χ3v) is 11.2. The van der Waals surface area contributed by atoms with Gasteiger partial charge in [0.25, 0.3) is 0 Å². The normalized spacial score (nSPS) is 25.6. The van der Waals surface area contributed by atoms with E-state index in [9.17, 15) is 0 Å². The fourth-order valence-corrected chi connectivity index (χ4v) is 9.12. The van der Waals surface area contributed by atoms with Crippen LogP contribution in [0.25, 0.3) is 0 Å². The van der Waals surface area contributed by atoms with E-state index in [1.54, 1.807) is 0 Å². The number of rotatable bonds is 7. The standard InChI is InChI=1S/C31H53N5OS2/c1-32(2)29-13-15-30(16-14-29)38-35-21-9-17-33(23-28-11-5-3-6-12-28)18-10-22-36(25-31(24-35)26-37-27-31)39-34-19-7-4-8-20-34/h13-16,28H,3-12,17-27H2,1-2H3. The molecule has 0 bridgehead atoms. The molecule has 1 aliphatic carbocycles. The van der Waals surface area contributed by atoms with Crippen molar-refractivity contribution in [1.29, 1.82) is 0 Å². The average Bonchev–Trinajstić information content (AvgIpc) is 2.92. The molecule has 4 aliphatic rings. The second-order valence-electron chi connectivity index (χ2n) is 12.8. The van der Waals surface area contributed by atoms with Gasteiger partial charge in [-0.25, -0.2) is 12.9 Å². The van der Waals surface area contributed by atoms with E-state index in [1.165, 1.54) is 114 Å². The number of benzene rings is 1. The molecular weight excluding hydrogens is 523 g/mol. The summed E-state index contributed by atoms with van der Waals surface area (Å²) in [6.07, 6.45) is 13.9. The molecule has 1 saturated carbocycles. The van der Waals surface area contributed by atoms with Crippen molar-refractivity contribution >= 4 is 29.8 Å². The summed E-state index contributed by atoms with van der Waals surface area (Å²) in [6, 6.07) is 9.11. The van der Waals surface area contributed by atoms with E-state index in [4.69, 9.17) is 4.74 Å². The molecule has 220 valence electrons. The van der Waals surface area contributed by atoms with Crippen LogP contribution in [0, 0.1) is 11.3 Å². The van der Waals surface area contributed by atoms with Crippen LogP contribution in [0.2, 0.25) is 0 Å². The summed E-state index contributed by atoms with van der Waals surface area (Å²) in [6.45, 7) is 12.6. The van der Waals surface area contributed by atoms with Crippen LogP contribution in [0.3, 0.4) is 0 Å².